The van der Waals surface area contributed by atoms with Gasteiger partial charge in [0.15, 0.2) is 0 Å². The smallest absolute Gasteiger partial charge is 0.000133 e. The summed E-state index contributed by atoms with van der Waals surface area (Å²) in [5, 5.41) is 0. The molecular weight excluding hydrogens is 184 g/mol. The van der Waals surface area contributed by atoms with Gasteiger partial charge in [0.05, 0.1) is 0 Å². The van der Waals surface area contributed by atoms with Crippen LogP contribution >= 0.6 is 0 Å². The molecular formula is C13H30N2. The lowest BCUT2D eigenvalue weighted by atomic mass is 9.87. The highest BCUT2D eigenvalue weighted by molar-refractivity contribution is 4.69. The van der Waals surface area contributed by atoms with Crippen LogP contribution in [-0.2, 0) is 0 Å². The first-order valence-corrected chi connectivity index (χ1v) is 6.26. The molecule has 0 spiro atoms. The Labute approximate surface area is 96.2 Å². The van der Waals surface area contributed by atoms with E-state index in [1.54, 1.807) is 0 Å². The number of unbranched alkanes of at least 4 members (excludes halogenated alkanes) is 1. The summed E-state index contributed by atoms with van der Waals surface area (Å²) in [5.74, 6) is 0.774. The third-order valence-electron chi connectivity index (χ3n) is 2.87. The topological polar surface area (TPSA) is 29.3 Å². The van der Waals surface area contributed by atoms with Crippen molar-refractivity contribution in [3.05, 3.63) is 0 Å². The summed E-state index contributed by atoms with van der Waals surface area (Å²) >= 11 is 0. The van der Waals surface area contributed by atoms with Gasteiger partial charge in [0.25, 0.3) is 0 Å². The molecule has 0 bridgehead atoms. The van der Waals surface area contributed by atoms with Crippen molar-refractivity contribution in [1.82, 2.24) is 4.90 Å². The van der Waals surface area contributed by atoms with Crippen LogP contribution < -0.4 is 5.73 Å². The van der Waals surface area contributed by atoms with E-state index >= 15 is 0 Å². The predicted octanol–water partition coefficient (Wildman–Crippen LogP) is 2.73. The van der Waals surface area contributed by atoms with E-state index in [4.69, 9.17) is 5.73 Å². The second-order valence-corrected chi connectivity index (χ2v) is 5.98. The molecule has 2 nitrogen and oxygen atoms in total. The van der Waals surface area contributed by atoms with Crippen molar-refractivity contribution in [1.29, 1.82) is 0 Å². The zero-order chi connectivity index (χ0) is 11.9. The lowest BCUT2D eigenvalue weighted by Gasteiger charge is -2.23. The molecule has 0 amide bonds. The molecule has 0 fully saturated rings. The highest BCUT2D eigenvalue weighted by Crippen LogP contribution is 2.21. The fourth-order valence-electron chi connectivity index (χ4n) is 1.80. The van der Waals surface area contributed by atoms with Gasteiger partial charge in [-0.3, -0.25) is 0 Å². The van der Waals surface area contributed by atoms with E-state index in [0.29, 0.717) is 5.41 Å². The Kier molecular flexibility index (Phi) is 7.20. The van der Waals surface area contributed by atoms with Gasteiger partial charge in [-0.25, -0.2) is 0 Å². The van der Waals surface area contributed by atoms with Crippen LogP contribution in [0.2, 0.25) is 0 Å². The fraction of sp³-hybridized carbons (Fsp3) is 1.00. The molecule has 0 radical (unpaired) electrons. The maximum atomic E-state index is 5.70. The quantitative estimate of drug-likeness (QED) is 0.630. The Balaban J connectivity index is 3.46. The molecule has 0 aromatic carbocycles. The van der Waals surface area contributed by atoms with E-state index < -0.39 is 0 Å². The zero-order valence-electron chi connectivity index (χ0n) is 11.3. The molecule has 0 saturated heterocycles. The Bertz CT molecular complexity index is 153. The second-order valence-electron chi connectivity index (χ2n) is 5.98. The van der Waals surface area contributed by atoms with Gasteiger partial charge >= 0.3 is 0 Å². The number of rotatable bonds is 8. The SMILES string of the molecule is CC(C)CN(C)CCCCC(C)(C)CN. The van der Waals surface area contributed by atoms with Crippen LogP contribution in [0.3, 0.4) is 0 Å². The number of hydrogen-bond acceptors (Lipinski definition) is 2. The first-order valence-electron chi connectivity index (χ1n) is 6.26. The van der Waals surface area contributed by atoms with Crippen LogP contribution in [0, 0.1) is 11.3 Å². The van der Waals surface area contributed by atoms with Crippen LogP contribution in [0.4, 0.5) is 0 Å². The Hall–Kier alpha value is -0.0800. The predicted molar refractivity (Wildman–Crippen MR) is 69.0 cm³/mol. The van der Waals surface area contributed by atoms with Crippen molar-refractivity contribution in [3.8, 4) is 0 Å². The van der Waals surface area contributed by atoms with Gasteiger partial charge in [0.1, 0.15) is 0 Å². The molecule has 0 aliphatic heterocycles. The minimum Gasteiger partial charge on any atom is -0.330 e. The maximum Gasteiger partial charge on any atom is 0.000133 e. The maximum absolute atomic E-state index is 5.70. The first-order chi connectivity index (χ1) is 6.87. The lowest BCUT2D eigenvalue weighted by molar-refractivity contribution is 0.272. The summed E-state index contributed by atoms with van der Waals surface area (Å²) in [7, 11) is 2.22. The van der Waals surface area contributed by atoms with Gasteiger partial charge in [-0.15, -0.1) is 0 Å². The monoisotopic (exact) mass is 214 g/mol. The molecule has 15 heavy (non-hydrogen) atoms. The molecule has 0 aromatic rings. The average molecular weight is 214 g/mol. The van der Waals surface area contributed by atoms with Gasteiger partial charge < -0.3 is 10.6 Å². The normalized spacial score (nSPS) is 12.8. The zero-order valence-corrected chi connectivity index (χ0v) is 11.3. The molecule has 0 aliphatic carbocycles. The van der Waals surface area contributed by atoms with Crippen molar-refractivity contribution in [2.75, 3.05) is 26.7 Å². The van der Waals surface area contributed by atoms with Crippen LogP contribution in [0.25, 0.3) is 0 Å². The summed E-state index contributed by atoms with van der Waals surface area (Å²) in [6, 6.07) is 0. The fourth-order valence-corrected chi connectivity index (χ4v) is 1.80. The summed E-state index contributed by atoms with van der Waals surface area (Å²) in [6.07, 6.45) is 3.85. The largest absolute Gasteiger partial charge is 0.330 e. The second kappa shape index (κ2) is 7.24. The molecule has 0 unspecified atom stereocenters. The minimum absolute atomic E-state index is 0.330. The van der Waals surface area contributed by atoms with Gasteiger partial charge in [-0.05, 0) is 44.3 Å². The van der Waals surface area contributed by atoms with Crippen molar-refractivity contribution >= 4 is 0 Å². The number of hydrogen-bond donors (Lipinski definition) is 1. The summed E-state index contributed by atoms with van der Waals surface area (Å²) in [6.45, 7) is 12.3. The van der Waals surface area contributed by atoms with Crippen molar-refractivity contribution in [3.63, 3.8) is 0 Å². The lowest BCUT2D eigenvalue weighted by Crippen LogP contribution is -2.26. The Morgan fingerprint density at radius 3 is 2.27 bits per heavy atom. The van der Waals surface area contributed by atoms with Crippen molar-refractivity contribution < 1.29 is 0 Å². The highest BCUT2D eigenvalue weighted by atomic mass is 15.1. The molecule has 0 heterocycles. The highest BCUT2D eigenvalue weighted by Gasteiger charge is 2.14. The summed E-state index contributed by atoms with van der Waals surface area (Å²) in [5.41, 5.74) is 6.03. The van der Waals surface area contributed by atoms with E-state index in [2.05, 4.69) is 39.6 Å². The van der Waals surface area contributed by atoms with Gasteiger partial charge in [0, 0.05) is 6.54 Å². The molecule has 0 aliphatic rings. The first kappa shape index (κ1) is 14.9. The average Bonchev–Trinajstić information content (AvgIpc) is 2.11. The molecule has 0 atom stereocenters. The molecule has 2 heteroatoms. The molecule has 0 rings (SSSR count). The third kappa shape index (κ3) is 8.88. The van der Waals surface area contributed by atoms with Gasteiger partial charge in [-0.1, -0.05) is 34.1 Å². The van der Waals surface area contributed by atoms with E-state index in [-0.39, 0.29) is 0 Å². The van der Waals surface area contributed by atoms with E-state index in [0.717, 1.165) is 12.5 Å². The summed E-state index contributed by atoms with van der Waals surface area (Å²) in [4.78, 5) is 2.43. The third-order valence-corrected chi connectivity index (χ3v) is 2.87. The molecule has 0 aromatic heterocycles. The van der Waals surface area contributed by atoms with E-state index in [1.165, 1.54) is 32.4 Å². The Morgan fingerprint density at radius 2 is 1.80 bits per heavy atom. The standard InChI is InChI=1S/C13H30N2/c1-12(2)10-15(5)9-7-6-8-13(3,4)11-14/h12H,6-11,14H2,1-5H3. The van der Waals surface area contributed by atoms with Crippen molar-refractivity contribution in [2.45, 2.75) is 47.0 Å². The molecule has 92 valence electrons. The van der Waals surface area contributed by atoms with E-state index in [1.807, 2.05) is 0 Å². The van der Waals surface area contributed by atoms with Gasteiger partial charge in [-0.2, -0.15) is 0 Å². The minimum atomic E-state index is 0.330. The van der Waals surface area contributed by atoms with Crippen LogP contribution in [0.1, 0.15) is 47.0 Å². The van der Waals surface area contributed by atoms with Gasteiger partial charge in [0.2, 0.25) is 0 Å². The number of nitrogens with zero attached hydrogens (tertiary/aromatic N) is 1. The summed E-state index contributed by atoms with van der Waals surface area (Å²) < 4.78 is 0. The van der Waals surface area contributed by atoms with Crippen LogP contribution in [-0.4, -0.2) is 31.6 Å². The van der Waals surface area contributed by atoms with Crippen molar-refractivity contribution in [2.24, 2.45) is 17.1 Å². The molecule has 2 N–H and O–H groups in total. The van der Waals surface area contributed by atoms with E-state index in [9.17, 15) is 0 Å². The van der Waals surface area contributed by atoms with Crippen LogP contribution in [0.5, 0.6) is 0 Å². The van der Waals surface area contributed by atoms with Crippen LogP contribution in [0.15, 0.2) is 0 Å². The Morgan fingerprint density at radius 1 is 1.20 bits per heavy atom. The molecule has 0 saturated carbocycles. The number of nitrogens with two attached hydrogens (primary N) is 1.